The van der Waals surface area contributed by atoms with Crippen LogP contribution in [0.25, 0.3) is 0 Å². The van der Waals surface area contributed by atoms with Crippen molar-refractivity contribution in [3.8, 4) is 0 Å². The van der Waals surface area contributed by atoms with Crippen LogP contribution in [0.2, 0.25) is 0 Å². The van der Waals surface area contributed by atoms with Gasteiger partial charge in [-0.25, -0.2) is 0 Å². The van der Waals surface area contributed by atoms with Gasteiger partial charge in [-0.1, -0.05) is 19.1 Å². The fourth-order valence-electron chi connectivity index (χ4n) is 2.91. The van der Waals surface area contributed by atoms with E-state index < -0.39 is 5.97 Å². The van der Waals surface area contributed by atoms with Gasteiger partial charge in [0, 0.05) is 24.6 Å². The van der Waals surface area contributed by atoms with Crippen LogP contribution < -0.4 is 0 Å². The summed E-state index contributed by atoms with van der Waals surface area (Å²) in [4.78, 5) is 25.3. The molecule has 0 aromatic heterocycles. The largest absolute Gasteiger partial charge is 0.481 e. The van der Waals surface area contributed by atoms with Gasteiger partial charge in [0.05, 0.1) is 0 Å². The van der Waals surface area contributed by atoms with E-state index in [1.807, 2.05) is 29.2 Å². The van der Waals surface area contributed by atoms with Crippen molar-refractivity contribution >= 4 is 11.9 Å². The lowest BCUT2D eigenvalue weighted by Crippen LogP contribution is -2.43. The highest BCUT2D eigenvalue weighted by Gasteiger charge is 2.27. The van der Waals surface area contributed by atoms with E-state index in [9.17, 15) is 9.59 Å². The lowest BCUT2D eigenvalue weighted by Gasteiger charge is -2.35. The quantitative estimate of drug-likeness (QED) is 0.906. The second-order valence-corrected chi connectivity index (χ2v) is 5.63. The third kappa shape index (κ3) is 4.06. The minimum atomic E-state index is -0.791. The number of benzene rings is 1. The molecule has 1 N–H and O–H groups in total. The molecule has 1 unspecified atom stereocenters. The van der Waals surface area contributed by atoms with Crippen LogP contribution in [0, 0.1) is 0 Å². The van der Waals surface area contributed by atoms with Gasteiger partial charge in [0.2, 0.25) is 0 Å². The molecule has 1 amide bonds. The van der Waals surface area contributed by atoms with Crippen molar-refractivity contribution in [1.29, 1.82) is 0 Å². The number of hydrogen-bond acceptors (Lipinski definition) is 2. The number of aryl methyl sites for hydroxylation is 1. The van der Waals surface area contributed by atoms with Gasteiger partial charge in [-0.3, -0.25) is 9.59 Å². The number of rotatable bonds is 5. The molecule has 4 nitrogen and oxygen atoms in total. The summed E-state index contributed by atoms with van der Waals surface area (Å²) in [5.41, 5.74) is 1.92. The zero-order valence-electron chi connectivity index (χ0n) is 12.5. The van der Waals surface area contributed by atoms with Gasteiger partial charge in [0.25, 0.3) is 5.91 Å². The van der Waals surface area contributed by atoms with Crippen LogP contribution >= 0.6 is 0 Å². The van der Waals surface area contributed by atoms with Crippen LogP contribution in [0.4, 0.5) is 0 Å². The Morgan fingerprint density at radius 3 is 2.57 bits per heavy atom. The minimum Gasteiger partial charge on any atom is -0.481 e. The number of hydrogen-bond donors (Lipinski definition) is 1. The summed E-state index contributed by atoms with van der Waals surface area (Å²) in [6.45, 7) is 2.82. The maximum Gasteiger partial charge on any atom is 0.303 e. The Morgan fingerprint density at radius 1 is 1.24 bits per heavy atom. The molecular weight excluding hydrogens is 266 g/mol. The summed E-state index contributed by atoms with van der Waals surface area (Å²) >= 11 is 0. The van der Waals surface area contributed by atoms with Crippen molar-refractivity contribution in [3.63, 3.8) is 0 Å². The van der Waals surface area contributed by atoms with E-state index in [1.54, 1.807) is 0 Å². The first kappa shape index (κ1) is 15.5. The van der Waals surface area contributed by atoms with Crippen molar-refractivity contribution in [2.75, 3.05) is 6.54 Å². The van der Waals surface area contributed by atoms with E-state index in [4.69, 9.17) is 5.11 Å². The Hall–Kier alpha value is -1.84. The maximum atomic E-state index is 12.6. The fraction of sp³-hybridized carbons (Fsp3) is 0.529. The lowest BCUT2D eigenvalue weighted by molar-refractivity contribution is -0.137. The molecule has 0 saturated carbocycles. The number of amides is 1. The predicted octanol–water partition coefficient (Wildman–Crippen LogP) is 3.11. The Bertz CT molecular complexity index is 495. The Balaban J connectivity index is 2.08. The third-order valence-corrected chi connectivity index (χ3v) is 4.19. The van der Waals surface area contributed by atoms with Crippen molar-refractivity contribution < 1.29 is 14.7 Å². The first-order chi connectivity index (χ1) is 10.1. The van der Waals surface area contributed by atoms with Crippen LogP contribution in [0.1, 0.15) is 54.9 Å². The molecule has 1 atom stereocenters. The maximum absolute atomic E-state index is 12.6. The van der Waals surface area contributed by atoms with Crippen LogP contribution in [-0.4, -0.2) is 34.5 Å². The van der Waals surface area contributed by atoms with Gasteiger partial charge >= 0.3 is 5.97 Å². The summed E-state index contributed by atoms with van der Waals surface area (Å²) in [5, 5.41) is 8.84. The second-order valence-electron chi connectivity index (χ2n) is 5.63. The van der Waals surface area contributed by atoms with Crippen LogP contribution in [0.3, 0.4) is 0 Å². The standard InChI is InChI=1S/C17H23NO3/c1-2-13-6-8-14(9-7-13)17(21)18-12-4-3-5-15(18)10-11-16(19)20/h6-9,15H,2-5,10-12H2,1H3,(H,19,20). The molecule has 1 aromatic rings. The van der Waals surface area contributed by atoms with E-state index in [1.165, 1.54) is 5.56 Å². The Labute approximate surface area is 125 Å². The molecule has 1 aliphatic rings. The number of carboxylic acids is 1. The molecule has 0 spiro atoms. The molecule has 0 aliphatic carbocycles. The lowest BCUT2D eigenvalue weighted by atomic mass is 9.96. The summed E-state index contributed by atoms with van der Waals surface area (Å²) in [6, 6.07) is 7.80. The van der Waals surface area contributed by atoms with Crippen molar-refractivity contribution in [1.82, 2.24) is 4.90 Å². The van der Waals surface area contributed by atoms with E-state index in [-0.39, 0.29) is 18.4 Å². The van der Waals surface area contributed by atoms with E-state index >= 15 is 0 Å². The fourth-order valence-corrected chi connectivity index (χ4v) is 2.91. The molecule has 21 heavy (non-hydrogen) atoms. The highest BCUT2D eigenvalue weighted by atomic mass is 16.4. The molecular formula is C17H23NO3. The Morgan fingerprint density at radius 2 is 1.95 bits per heavy atom. The zero-order chi connectivity index (χ0) is 15.2. The molecule has 1 aliphatic heterocycles. The second kappa shape index (κ2) is 7.25. The van der Waals surface area contributed by atoms with Crippen LogP contribution in [0.15, 0.2) is 24.3 Å². The molecule has 1 saturated heterocycles. The highest BCUT2D eigenvalue weighted by Crippen LogP contribution is 2.23. The number of aliphatic carboxylic acids is 1. The van der Waals surface area contributed by atoms with Crippen LogP contribution in [-0.2, 0) is 11.2 Å². The number of carbonyl (C=O) groups excluding carboxylic acids is 1. The number of nitrogens with zero attached hydrogens (tertiary/aromatic N) is 1. The van der Waals surface area contributed by atoms with Crippen LogP contribution in [0.5, 0.6) is 0 Å². The number of piperidine rings is 1. The Kier molecular flexibility index (Phi) is 5.37. The number of likely N-dealkylation sites (tertiary alicyclic amines) is 1. The molecule has 1 aromatic carbocycles. The van der Waals surface area contributed by atoms with E-state index in [0.29, 0.717) is 12.0 Å². The zero-order valence-corrected chi connectivity index (χ0v) is 12.5. The SMILES string of the molecule is CCc1ccc(C(=O)N2CCCCC2CCC(=O)O)cc1. The number of carbonyl (C=O) groups is 2. The summed E-state index contributed by atoms with van der Waals surface area (Å²) in [7, 11) is 0. The summed E-state index contributed by atoms with van der Waals surface area (Å²) in [5.74, 6) is -0.756. The summed E-state index contributed by atoms with van der Waals surface area (Å²) in [6.07, 6.45) is 4.62. The predicted molar refractivity (Wildman–Crippen MR) is 81.4 cm³/mol. The minimum absolute atomic E-state index is 0.0349. The molecule has 0 bridgehead atoms. The van der Waals surface area contributed by atoms with Gasteiger partial charge < -0.3 is 10.0 Å². The normalized spacial score (nSPS) is 18.5. The third-order valence-electron chi connectivity index (χ3n) is 4.19. The van der Waals surface area contributed by atoms with Crippen molar-refractivity contribution in [2.45, 2.75) is 51.5 Å². The molecule has 1 fully saturated rings. The average Bonchev–Trinajstić information content (AvgIpc) is 2.52. The van der Waals surface area contributed by atoms with Gasteiger partial charge in [-0.2, -0.15) is 0 Å². The number of carboxylic acid groups (broad SMARTS) is 1. The van der Waals surface area contributed by atoms with Gasteiger partial charge in [-0.05, 0) is 49.8 Å². The van der Waals surface area contributed by atoms with E-state index in [2.05, 4.69) is 6.92 Å². The van der Waals surface area contributed by atoms with Gasteiger partial charge in [-0.15, -0.1) is 0 Å². The summed E-state index contributed by atoms with van der Waals surface area (Å²) < 4.78 is 0. The monoisotopic (exact) mass is 289 g/mol. The van der Waals surface area contributed by atoms with Gasteiger partial charge in [0.15, 0.2) is 0 Å². The molecule has 114 valence electrons. The molecule has 2 rings (SSSR count). The molecule has 4 heteroatoms. The first-order valence-electron chi connectivity index (χ1n) is 7.73. The molecule has 0 radical (unpaired) electrons. The van der Waals surface area contributed by atoms with E-state index in [0.717, 1.165) is 32.2 Å². The molecule has 1 heterocycles. The smallest absolute Gasteiger partial charge is 0.303 e. The topological polar surface area (TPSA) is 57.6 Å². The van der Waals surface area contributed by atoms with Gasteiger partial charge in [0.1, 0.15) is 0 Å². The first-order valence-corrected chi connectivity index (χ1v) is 7.73. The van der Waals surface area contributed by atoms with Crippen molar-refractivity contribution in [2.24, 2.45) is 0 Å². The highest BCUT2D eigenvalue weighted by molar-refractivity contribution is 5.94. The average molecular weight is 289 g/mol. The van der Waals surface area contributed by atoms with Crippen molar-refractivity contribution in [3.05, 3.63) is 35.4 Å².